The molecule has 154 valence electrons. The Labute approximate surface area is 183 Å². The van der Waals surface area contributed by atoms with Crippen LogP contribution < -0.4 is 10.2 Å². The van der Waals surface area contributed by atoms with Crippen LogP contribution in [0.15, 0.2) is 24.5 Å². The normalized spacial score (nSPS) is 13.3. The van der Waals surface area contributed by atoms with E-state index in [0.29, 0.717) is 45.9 Å². The molecule has 2 amide bonds. The average molecular weight is 442 g/mol. The van der Waals surface area contributed by atoms with E-state index in [0.717, 1.165) is 22.4 Å². The van der Waals surface area contributed by atoms with Crippen LogP contribution in [0.1, 0.15) is 39.8 Å². The third kappa shape index (κ3) is 3.80. The molecule has 4 heterocycles. The van der Waals surface area contributed by atoms with Gasteiger partial charge in [-0.15, -0.1) is 0 Å². The van der Waals surface area contributed by atoms with Gasteiger partial charge in [-0.1, -0.05) is 35.9 Å². The number of carbonyl (C=O) groups excluding carboxylic acids is 2. The Morgan fingerprint density at radius 2 is 2.07 bits per heavy atom. The first-order valence-electron chi connectivity index (χ1n) is 9.58. The third-order valence-electron chi connectivity index (χ3n) is 4.86. The highest BCUT2D eigenvalue weighted by Crippen LogP contribution is 2.34. The first kappa shape index (κ1) is 20.4. The number of aryl methyl sites for hydroxylation is 2. The summed E-state index contributed by atoms with van der Waals surface area (Å²) in [7, 11) is 0. The molecule has 0 spiro atoms. The molecule has 7 nitrogen and oxygen atoms in total. The predicted molar refractivity (Wildman–Crippen MR) is 118 cm³/mol. The quantitative estimate of drug-likeness (QED) is 0.647. The van der Waals surface area contributed by atoms with E-state index in [2.05, 4.69) is 20.3 Å². The highest BCUT2D eigenvalue weighted by molar-refractivity contribution is 7.18. The maximum absolute atomic E-state index is 13.1. The topological polar surface area (TPSA) is 88.1 Å². The molecule has 0 bridgehead atoms. The number of thiazole rings is 1. The fourth-order valence-electron chi connectivity index (χ4n) is 3.36. The van der Waals surface area contributed by atoms with E-state index in [9.17, 15) is 9.59 Å². The molecule has 0 fully saturated rings. The molecule has 0 aromatic carbocycles. The molecule has 4 rings (SSSR count). The Morgan fingerprint density at radius 1 is 1.27 bits per heavy atom. The van der Waals surface area contributed by atoms with Crippen LogP contribution in [0.5, 0.6) is 0 Å². The van der Waals surface area contributed by atoms with Crippen molar-refractivity contribution in [2.24, 2.45) is 0 Å². The zero-order chi connectivity index (χ0) is 21.4. The van der Waals surface area contributed by atoms with Crippen molar-refractivity contribution in [3.8, 4) is 11.3 Å². The van der Waals surface area contributed by atoms with E-state index in [1.807, 2.05) is 19.9 Å². The number of pyridine rings is 2. The van der Waals surface area contributed by atoms with E-state index in [4.69, 9.17) is 11.6 Å². The Morgan fingerprint density at radius 3 is 2.80 bits per heavy atom. The summed E-state index contributed by atoms with van der Waals surface area (Å²) in [5, 5.41) is 3.66. The number of nitrogens with one attached hydrogen (secondary N) is 1. The highest BCUT2D eigenvalue weighted by Gasteiger charge is 2.31. The summed E-state index contributed by atoms with van der Waals surface area (Å²) < 4.78 is 0. The number of rotatable bonds is 4. The molecule has 0 saturated heterocycles. The third-order valence-corrected chi connectivity index (χ3v) is 6.17. The van der Waals surface area contributed by atoms with Crippen LogP contribution in [0.4, 0.5) is 10.9 Å². The molecule has 0 radical (unpaired) electrons. The Bertz CT molecular complexity index is 1160. The van der Waals surface area contributed by atoms with Gasteiger partial charge >= 0.3 is 0 Å². The Hall–Kier alpha value is -2.84. The van der Waals surface area contributed by atoms with Gasteiger partial charge in [-0.3, -0.25) is 19.5 Å². The predicted octanol–water partition coefficient (Wildman–Crippen LogP) is 4.42. The second kappa shape index (κ2) is 8.12. The van der Waals surface area contributed by atoms with Crippen molar-refractivity contribution in [2.75, 3.05) is 16.8 Å². The van der Waals surface area contributed by atoms with E-state index in [-0.39, 0.29) is 11.8 Å². The van der Waals surface area contributed by atoms with Gasteiger partial charge in [-0.25, -0.2) is 9.97 Å². The summed E-state index contributed by atoms with van der Waals surface area (Å²) >= 11 is 7.60. The van der Waals surface area contributed by atoms with Crippen molar-refractivity contribution in [3.63, 3.8) is 0 Å². The van der Waals surface area contributed by atoms with Gasteiger partial charge in [0.25, 0.3) is 5.91 Å². The van der Waals surface area contributed by atoms with Gasteiger partial charge in [0.1, 0.15) is 10.7 Å². The molecule has 1 aliphatic heterocycles. The number of anilines is 2. The lowest BCUT2D eigenvalue weighted by Crippen LogP contribution is -2.37. The molecule has 1 aliphatic rings. The second-order valence-electron chi connectivity index (χ2n) is 7.10. The van der Waals surface area contributed by atoms with Crippen LogP contribution in [0.25, 0.3) is 11.3 Å². The van der Waals surface area contributed by atoms with Gasteiger partial charge in [0.05, 0.1) is 16.4 Å². The summed E-state index contributed by atoms with van der Waals surface area (Å²) in [6.45, 7) is 6.18. The minimum atomic E-state index is -0.180. The molecule has 30 heavy (non-hydrogen) atoms. The molecular formula is C21H20ClN5O2S. The molecule has 9 heteroatoms. The van der Waals surface area contributed by atoms with Gasteiger partial charge in [0, 0.05) is 37.3 Å². The van der Waals surface area contributed by atoms with Gasteiger partial charge in [-0.05, 0) is 31.0 Å². The zero-order valence-corrected chi connectivity index (χ0v) is 18.4. The van der Waals surface area contributed by atoms with Gasteiger partial charge in [-0.2, -0.15) is 0 Å². The number of halogens is 1. The molecule has 0 saturated carbocycles. The van der Waals surface area contributed by atoms with Crippen LogP contribution in [0.3, 0.4) is 0 Å². The largest absolute Gasteiger partial charge is 0.302 e. The first-order valence-corrected chi connectivity index (χ1v) is 10.8. The summed E-state index contributed by atoms with van der Waals surface area (Å²) in [6.07, 6.45) is 4.28. The van der Waals surface area contributed by atoms with Gasteiger partial charge in [0.2, 0.25) is 5.91 Å². The summed E-state index contributed by atoms with van der Waals surface area (Å²) in [5.74, 6) is 0.204. The number of nitrogens with zero attached hydrogens (tertiary/aromatic N) is 4. The zero-order valence-electron chi connectivity index (χ0n) is 16.8. The van der Waals surface area contributed by atoms with Crippen molar-refractivity contribution < 1.29 is 9.59 Å². The summed E-state index contributed by atoms with van der Waals surface area (Å²) in [6, 6.07) is 3.84. The van der Waals surface area contributed by atoms with E-state index in [1.165, 1.54) is 11.3 Å². The molecule has 0 atom stereocenters. The van der Waals surface area contributed by atoms with Gasteiger partial charge < -0.3 is 5.32 Å². The van der Waals surface area contributed by atoms with E-state index < -0.39 is 0 Å². The van der Waals surface area contributed by atoms with Crippen LogP contribution in [0.2, 0.25) is 5.02 Å². The molecule has 3 aromatic heterocycles. The monoisotopic (exact) mass is 441 g/mol. The fraction of sp³-hybridized carbons (Fsp3) is 0.286. The number of hydrogen-bond acceptors (Lipinski definition) is 6. The Balaban J connectivity index is 1.67. The minimum Gasteiger partial charge on any atom is -0.302 e. The van der Waals surface area contributed by atoms with Crippen molar-refractivity contribution in [1.82, 2.24) is 15.0 Å². The second-order valence-corrected chi connectivity index (χ2v) is 8.51. The van der Waals surface area contributed by atoms with Crippen molar-refractivity contribution in [3.05, 3.63) is 51.2 Å². The summed E-state index contributed by atoms with van der Waals surface area (Å²) in [5.41, 5.74) is 4.27. The van der Waals surface area contributed by atoms with Crippen molar-refractivity contribution in [1.29, 1.82) is 0 Å². The first-order chi connectivity index (χ1) is 14.4. The smallest absolute Gasteiger partial charge is 0.271 e. The van der Waals surface area contributed by atoms with Gasteiger partial charge in [0.15, 0.2) is 5.13 Å². The minimum absolute atomic E-state index is 0.129. The van der Waals surface area contributed by atoms with Crippen molar-refractivity contribution in [2.45, 2.75) is 33.6 Å². The molecule has 0 aliphatic carbocycles. The maximum atomic E-state index is 13.1. The van der Waals surface area contributed by atoms with Crippen LogP contribution in [0, 0.1) is 13.8 Å². The number of carbonyl (C=O) groups is 2. The molecule has 0 unspecified atom stereocenters. The van der Waals surface area contributed by atoms with Crippen LogP contribution >= 0.6 is 22.9 Å². The highest BCUT2D eigenvalue weighted by atomic mass is 35.5. The van der Waals surface area contributed by atoms with E-state index >= 15 is 0 Å². The lowest BCUT2D eigenvalue weighted by atomic mass is 10.1. The van der Waals surface area contributed by atoms with Crippen LogP contribution in [-0.2, 0) is 11.2 Å². The molecular weight excluding hydrogens is 422 g/mol. The number of hydrogen-bond donors (Lipinski definition) is 1. The standard InChI is InChI=1S/C21H20ClN5O2S/c1-4-17(28)26-21-25-15-5-6-27(20(29)19(15)30-21)16-8-13(14(22)10-23-16)18-12(3)7-11(2)9-24-18/h7-10H,4-6H2,1-3H3,(H,25,26,28). The number of aromatic nitrogens is 3. The average Bonchev–Trinajstić information content (AvgIpc) is 3.13. The van der Waals surface area contributed by atoms with E-state index in [1.54, 1.807) is 30.3 Å². The summed E-state index contributed by atoms with van der Waals surface area (Å²) in [4.78, 5) is 40.2. The maximum Gasteiger partial charge on any atom is 0.271 e. The lowest BCUT2D eigenvalue weighted by Gasteiger charge is -2.25. The Kier molecular flexibility index (Phi) is 5.53. The fourth-order valence-corrected chi connectivity index (χ4v) is 4.53. The molecule has 1 N–H and O–H groups in total. The number of amides is 2. The SMILES string of the molecule is CCC(=O)Nc1nc2c(s1)C(=O)N(c1cc(-c3ncc(C)cc3C)c(Cl)cn1)CC2. The lowest BCUT2D eigenvalue weighted by molar-refractivity contribution is -0.115. The van der Waals surface area contributed by atoms with Crippen LogP contribution in [-0.4, -0.2) is 33.3 Å². The number of fused-ring (bicyclic) bond motifs is 1. The molecule has 3 aromatic rings. The van der Waals surface area contributed by atoms with Crippen molar-refractivity contribution >= 4 is 45.7 Å².